The van der Waals surface area contributed by atoms with Gasteiger partial charge in [0, 0.05) is 18.4 Å². The standard InChI is InChI=1S/C15H22BrN/c1-13-5-3-6-14(9-13)10-17(2)12-15(11-16)7-4-8-15/h3,5-6,9H,4,7-8,10-12H2,1-2H3. The Balaban J connectivity index is 1.90. The molecular formula is C15H22BrN. The number of halogens is 1. The highest BCUT2D eigenvalue weighted by Gasteiger charge is 2.36. The normalized spacial score (nSPS) is 18.1. The summed E-state index contributed by atoms with van der Waals surface area (Å²) in [6.07, 6.45) is 4.18. The van der Waals surface area contributed by atoms with Crippen LogP contribution < -0.4 is 0 Å². The molecule has 0 radical (unpaired) electrons. The monoisotopic (exact) mass is 295 g/mol. The summed E-state index contributed by atoms with van der Waals surface area (Å²) in [6.45, 7) is 4.44. The van der Waals surface area contributed by atoms with E-state index >= 15 is 0 Å². The summed E-state index contributed by atoms with van der Waals surface area (Å²) in [4.78, 5) is 2.47. The molecule has 0 spiro atoms. The van der Waals surface area contributed by atoms with Crippen molar-refractivity contribution in [3.8, 4) is 0 Å². The molecule has 2 heteroatoms. The van der Waals surface area contributed by atoms with E-state index in [2.05, 4.69) is 59.1 Å². The van der Waals surface area contributed by atoms with Crippen LogP contribution in [-0.2, 0) is 6.54 Å². The average molecular weight is 296 g/mol. The van der Waals surface area contributed by atoms with E-state index in [0.717, 1.165) is 11.9 Å². The molecule has 1 aromatic rings. The van der Waals surface area contributed by atoms with Crippen molar-refractivity contribution in [1.82, 2.24) is 4.90 Å². The average Bonchev–Trinajstić information content (AvgIpc) is 2.23. The van der Waals surface area contributed by atoms with Crippen LogP contribution in [0.5, 0.6) is 0 Å². The molecule has 0 saturated heterocycles. The molecule has 0 unspecified atom stereocenters. The van der Waals surface area contributed by atoms with Gasteiger partial charge in [-0.2, -0.15) is 0 Å². The van der Waals surface area contributed by atoms with Crippen LogP contribution >= 0.6 is 15.9 Å². The highest BCUT2D eigenvalue weighted by molar-refractivity contribution is 9.09. The van der Waals surface area contributed by atoms with E-state index in [-0.39, 0.29) is 0 Å². The van der Waals surface area contributed by atoms with Crippen LogP contribution in [0.4, 0.5) is 0 Å². The number of hydrogen-bond donors (Lipinski definition) is 0. The lowest BCUT2D eigenvalue weighted by atomic mass is 9.70. The zero-order valence-corrected chi connectivity index (χ0v) is 12.5. The molecule has 1 aliphatic rings. The first-order valence-corrected chi connectivity index (χ1v) is 7.56. The zero-order valence-electron chi connectivity index (χ0n) is 10.9. The van der Waals surface area contributed by atoms with Crippen LogP contribution in [-0.4, -0.2) is 23.8 Å². The minimum absolute atomic E-state index is 0.554. The summed E-state index contributed by atoms with van der Waals surface area (Å²) in [7, 11) is 2.24. The van der Waals surface area contributed by atoms with Gasteiger partial charge in [-0.1, -0.05) is 52.2 Å². The maximum absolute atomic E-state index is 3.68. The Morgan fingerprint density at radius 3 is 2.65 bits per heavy atom. The van der Waals surface area contributed by atoms with Crippen molar-refractivity contribution >= 4 is 15.9 Å². The van der Waals surface area contributed by atoms with E-state index in [9.17, 15) is 0 Å². The van der Waals surface area contributed by atoms with Gasteiger partial charge in [-0.3, -0.25) is 0 Å². The molecule has 94 valence electrons. The maximum atomic E-state index is 3.68. The molecule has 1 saturated carbocycles. The molecule has 0 atom stereocenters. The minimum Gasteiger partial charge on any atom is -0.302 e. The van der Waals surface area contributed by atoms with Crippen molar-refractivity contribution < 1.29 is 0 Å². The topological polar surface area (TPSA) is 3.24 Å². The van der Waals surface area contributed by atoms with Crippen LogP contribution in [0, 0.1) is 12.3 Å². The first-order valence-electron chi connectivity index (χ1n) is 6.44. The molecule has 0 bridgehead atoms. The molecule has 1 fully saturated rings. The summed E-state index contributed by atoms with van der Waals surface area (Å²) in [5.74, 6) is 0. The molecule has 0 aromatic heterocycles. The van der Waals surface area contributed by atoms with E-state index in [1.54, 1.807) is 0 Å². The third-order valence-electron chi connectivity index (χ3n) is 3.84. The van der Waals surface area contributed by atoms with Gasteiger partial charge in [0.1, 0.15) is 0 Å². The van der Waals surface area contributed by atoms with Gasteiger partial charge in [0.25, 0.3) is 0 Å². The van der Waals surface area contributed by atoms with E-state index in [1.165, 1.54) is 36.9 Å². The second kappa shape index (κ2) is 5.53. The van der Waals surface area contributed by atoms with E-state index in [1.807, 2.05) is 0 Å². The quantitative estimate of drug-likeness (QED) is 0.743. The predicted octanol–water partition coefficient (Wildman–Crippen LogP) is 3.99. The van der Waals surface area contributed by atoms with Crippen LogP contribution in [0.2, 0.25) is 0 Å². The molecular weight excluding hydrogens is 274 g/mol. The molecule has 1 aromatic carbocycles. The lowest BCUT2D eigenvalue weighted by Crippen LogP contribution is -2.41. The highest BCUT2D eigenvalue weighted by Crippen LogP contribution is 2.42. The lowest BCUT2D eigenvalue weighted by Gasteiger charge is -2.43. The van der Waals surface area contributed by atoms with Crippen molar-refractivity contribution in [3.63, 3.8) is 0 Å². The number of rotatable bonds is 5. The maximum Gasteiger partial charge on any atom is 0.0231 e. The summed E-state index contributed by atoms with van der Waals surface area (Å²) < 4.78 is 0. The van der Waals surface area contributed by atoms with Crippen molar-refractivity contribution in [2.45, 2.75) is 32.7 Å². The van der Waals surface area contributed by atoms with Gasteiger partial charge in [0.05, 0.1) is 0 Å². The van der Waals surface area contributed by atoms with Crippen LogP contribution in [0.15, 0.2) is 24.3 Å². The zero-order chi connectivity index (χ0) is 12.3. The second-order valence-corrected chi connectivity index (χ2v) is 6.21. The van der Waals surface area contributed by atoms with Gasteiger partial charge in [-0.05, 0) is 37.8 Å². The van der Waals surface area contributed by atoms with E-state index in [4.69, 9.17) is 0 Å². The first-order chi connectivity index (χ1) is 8.13. The van der Waals surface area contributed by atoms with E-state index in [0.29, 0.717) is 5.41 Å². The number of alkyl halides is 1. The molecule has 1 nitrogen and oxygen atoms in total. The summed E-state index contributed by atoms with van der Waals surface area (Å²) in [5, 5.41) is 1.15. The third kappa shape index (κ3) is 3.32. The smallest absolute Gasteiger partial charge is 0.0231 e. The summed E-state index contributed by atoms with van der Waals surface area (Å²) >= 11 is 3.68. The Morgan fingerprint density at radius 1 is 1.35 bits per heavy atom. The fraction of sp³-hybridized carbons (Fsp3) is 0.600. The van der Waals surface area contributed by atoms with Gasteiger partial charge < -0.3 is 4.90 Å². The predicted molar refractivity (Wildman–Crippen MR) is 77.6 cm³/mol. The molecule has 17 heavy (non-hydrogen) atoms. The Labute approximate surface area is 113 Å². The van der Waals surface area contributed by atoms with Gasteiger partial charge in [-0.25, -0.2) is 0 Å². The fourth-order valence-corrected chi connectivity index (χ4v) is 3.50. The van der Waals surface area contributed by atoms with Crippen molar-refractivity contribution in [2.75, 3.05) is 18.9 Å². The summed E-state index contributed by atoms with van der Waals surface area (Å²) in [5.41, 5.74) is 3.34. The minimum atomic E-state index is 0.554. The Morgan fingerprint density at radius 2 is 2.12 bits per heavy atom. The molecule has 0 N–H and O–H groups in total. The molecule has 0 heterocycles. The highest BCUT2D eigenvalue weighted by atomic mass is 79.9. The first kappa shape index (κ1) is 13.1. The largest absolute Gasteiger partial charge is 0.302 e. The van der Waals surface area contributed by atoms with Crippen molar-refractivity contribution in [2.24, 2.45) is 5.41 Å². The fourth-order valence-electron chi connectivity index (χ4n) is 2.76. The SMILES string of the molecule is Cc1cccc(CN(C)CC2(CBr)CCC2)c1. The van der Waals surface area contributed by atoms with Crippen LogP contribution in [0.3, 0.4) is 0 Å². The second-order valence-electron chi connectivity index (χ2n) is 5.65. The number of hydrogen-bond acceptors (Lipinski definition) is 1. The Kier molecular flexibility index (Phi) is 4.26. The third-order valence-corrected chi connectivity index (χ3v) is 5.03. The molecule has 0 aliphatic heterocycles. The van der Waals surface area contributed by atoms with Crippen LogP contribution in [0.25, 0.3) is 0 Å². The Bertz CT molecular complexity index is 365. The number of aryl methyl sites for hydroxylation is 1. The van der Waals surface area contributed by atoms with E-state index < -0.39 is 0 Å². The lowest BCUT2D eigenvalue weighted by molar-refractivity contribution is 0.102. The molecule has 2 rings (SSSR count). The van der Waals surface area contributed by atoms with Crippen molar-refractivity contribution in [1.29, 1.82) is 0 Å². The van der Waals surface area contributed by atoms with Gasteiger partial charge in [0.2, 0.25) is 0 Å². The Hall–Kier alpha value is -0.340. The van der Waals surface area contributed by atoms with Gasteiger partial charge in [0.15, 0.2) is 0 Å². The van der Waals surface area contributed by atoms with Crippen molar-refractivity contribution in [3.05, 3.63) is 35.4 Å². The summed E-state index contributed by atoms with van der Waals surface area (Å²) in [6, 6.07) is 8.83. The molecule has 1 aliphatic carbocycles. The number of nitrogens with zero attached hydrogens (tertiary/aromatic N) is 1. The van der Waals surface area contributed by atoms with Gasteiger partial charge >= 0.3 is 0 Å². The van der Waals surface area contributed by atoms with Gasteiger partial charge in [-0.15, -0.1) is 0 Å². The number of benzene rings is 1. The molecule has 0 amide bonds. The van der Waals surface area contributed by atoms with Crippen LogP contribution in [0.1, 0.15) is 30.4 Å².